The number of hydrogen-bond donors (Lipinski definition) is 0. The van der Waals surface area contributed by atoms with Crippen LogP contribution in [0.2, 0.25) is 0 Å². The second kappa shape index (κ2) is 6.09. The minimum atomic E-state index is -0.191. The van der Waals surface area contributed by atoms with Crippen LogP contribution in [0.25, 0.3) is 5.57 Å². The standard InChI is InChI=1S/C17H19ClFN/c18-17-11-15(12-7-9-13(19)10-8-12)14-5-3-1-2-4-6-16(14)20-17/h7-10,17H,1-6,11H2. The molecule has 1 fully saturated rings. The molecule has 106 valence electrons. The Labute approximate surface area is 124 Å². The SMILES string of the molecule is Fc1ccc(C2=C3CCCCCCC3=NC(Cl)C2)cc1. The number of dihydropyridines is 1. The molecule has 2 aliphatic rings. The monoisotopic (exact) mass is 291 g/mol. The van der Waals surface area contributed by atoms with E-state index in [0.29, 0.717) is 0 Å². The minimum Gasteiger partial charge on any atom is -0.270 e. The van der Waals surface area contributed by atoms with Crippen molar-refractivity contribution in [2.75, 3.05) is 0 Å². The first-order chi connectivity index (χ1) is 9.74. The molecular weight excluding hydrogens is 273 g/mol. The van der Waals surface area contributed by atoms with E-state index >= 15 is 0 Å². The van der Waals surface area contributed by atoms with Gasteiger partial charge < -0.3 is 0 Å². The zero-order valence-electron chi connectivity index (χ0n) is 11.5. The van der Waals surface area contributed by atoms with Crippen molar-refractivity contribution >= 4 is 22.9 Å². The van der Waals surface area contributed by atoms with E-state index < -0.39 is 0 Å². The number of benzene rings is 1. The molecule has 0 spiro atoms. The summed E-state index contributed by atoms with van der Waals surface area (Å²) in [5.74, 6) is -0.191. The van der Waals surface area contributed by atoms with Gasteiger partial charge in [-0.25, -0.2) is 4.39 Å². The summed E-state index contributed by atoms with van der Waals surface area (Å²) in [6, 6.07) is 6.78. The number of hydrogen-bond acceptors (Lipinski definition) is 1. The molecule has 0 aromatic heterocycles. The summed E-state index contributed by atoms with van der Waals surface area (Å²) < 4.78 is 13.1. The third-order valence-corrected chi connectivity index (χ3v) is 4.42. The lowest BCUT2D eigenvalue weighted by atomic mass is 9.85. The number of rotatable bonds is 1. The fraction of sp³-hybridized carbons (Fsp3) is 0.471. The molecule has 20 heavy (non-hydrogen) atoms. The maximum atomic E-state index is 13.1. The van der Waals surface area contributed by atoms with E-state index in [0.717, 1.165) is 24.8 Å². The van der Waals surface area contributed by atoms with Crippen LogP contribution in [0.1, 0.15) is 50.5 Å². The number of alkyl halides is 1. The fourth-order valence-corrected chi connectivity index (χ4v) is 3.43. The van der Waals surface area contributed by atoms with Crippen LogP contribution in [-0.4, -0.2) is 11.2 Å². The normalized spacial score (nSPS) is 23.7. The maximum Gasteiger partial charge on any atom is 0.128 e. The topological polar surface area (TPSA) is 12.4 Å². The molecule has 0 saturated heterocycles. The Morgan fingerprint density at radius 3 is 2.40 bits per heavy atom. The van der Waals surface area contributed by atoms with Gasteiger partial charge in [-0.15, -0.1) is 0 Å². The molecule has 1 aliphatic carbocycles. The molecule has 0 amide bonds. The molecule has 3 heteroatoms. The molecular formula is C17H19ClFN. The molecule has 1 heterocycles. The second-order valence-corrected chi connectivity index (χ2v) is 6.10. The highest BCUT2D eigenvalue weighted by Crippen LogP contribution is 2.36. The van der Waals surface area contributed by atoms with Crippen LogP contribution in [0.4, 0.5) is 4.39 Å². The number of fused-ring (bicyclic) bond motifs is 1. The Hall–Kier alpha value is -1.15. The number of allylic oxidation sites excluding steroid dienone is 1. The van der Waals surface area contributed by atoms with Crippen LogP contribution >= 0.6 is 11.6 Å². The second-order valence-electron chi connectivity index (χ2n) is 5.59. The van der Waals surface area contributed by atoms with Gasteiger partial charge in [0.15, 0.2) is 0 Å². The van der Waals surface area contributed by atoms with Gasteiger partial charge in [0.2, 0.25) is 0 Å². The smallest absolute Gasteiger partial charge is 0.128 e. The summed E-state index contributed by atoms with van der Waals surface area (Å²) >= 11 is 6.31. The number of halogens is 2. The molecule has 1 nitrogen and oxygen atoms in total. The Morgan fingerprint density at radius 1 is 0.950 bits per heavy atom. The third-order valence-electron chi connectivity index (χ3n) is 4.16. The summed E-state index contributed by atoms with van der Waals surface area (Å²) in [4.78, 5) is 4.65. The quantitative estimate of drug-likeness (QED) is 0.489. The van der Waals surface area contributed by atoms with Crippen molar-refractivity contribution in [1.29, 1.82) is 0 Å². The Morgan fingerprint density at radius 2 is 1.65 bits per heavy atom. The lowest BCUT2D eigenvalue weighted by molar-refractivity contribution is 0.627. The van der Waals surface area contributed by atoms with E-state index in [2.05, 4.69) is 4.99 Å². The van der Waals surface area contributed by atoms with Crippen molar-refractivity contribution in [3.8, 4) is 0 Å². The van der Waals surface area contributed by atoms with Gasteiger partial charge in [-0.3, -0.25) is 4.99 Å². The predicted octanol–water partition coefficient (Wildman–Crippen LogP) is 5.34. The van der Waals surface area contributed by atoms with Crippen LogP contribution in [0, 0.1) is 5.82 Å². The number of aliphatic imine (C=N–C) groups is 1. The highest BCUT2D eigenvalue weighted by atomic mass is 35.5. The molecule has 1 unspecified atom stereocenters. The van der Waals surface area contributed by atoms with Crippen molar-refractivity contribution in [2.45, 2.75) is 50.4 Å². The average molecular weight is 292 g/mol. The van der Waals surface area contributed by atoms with Gasteiger partial charge in [0, 0.05) is 12.1 Å². The molecule has 1 aromatic carbocycles. The van der Waals surface area contributed by atoms with E-state index in [1.54, 1.807) is 0 Å². The van der Waals surface area contributed by atoms with E-state index in [-0.39, 0.29) is 11.3 Å². The van der Waals surface area contributed by atoms with Gasteiger partial charge in [-0.1, -0.05) is 36.6 Å². The van der Waals surface area contributed by atoms with Crippen molar-refractivity contribution in [2.24, 2.45) is 4.99 Å². The molecule has 1 atom stereocenters. The molecule has 1 aliphatic heterocycles. The molecule has 1 aromatic rings. The van der Waals surface area contributed by atoms with Crippen LogP contribution < -0.4 is 0 Å². The lowest BCUT2D eigenvalue weighted by Crippen LogP contribution is -2.17. The van der Waals surface area contributed by atoms with Gasteiger partial charge in [0.1, 0.15) is 11.3 Å². The first-order valence-corrected chi connectivity index (χ1v) is 7.87. The van der Waals surface area contributed by atoms with Gasteiger partial charge in [-0.2, -0.15) is 0 Å². The summed E-state index contributed by atoms with van der Waals surface area (Å²) in [5, 5.41) is 0. The minimum absolute atomic E-state index is 0.173. The molecule has 0 N–H and O–H groups in total. The Bertz CT molecular complexity index is 545. The van der Waals surface area contributed by atoms with Crippen LogP contribution in [-0.2, 0) is 0 Å². The third kappa shape index (κ3) is 2.95. The average Bonchev–Trinajstić information content (AvgIpc) is 2.41. The Kier molecular flexibility index (Phi) is 4.21. The largest absolute Gasteiger partial charge is 0.270 e. The van der Waals surface area contributed by atoms with Gasteiger partial charge in [0.25, 0.3) is 0 Å². The molecule has 0 bridgehead atoms. The molecule has 1 saturated carbocycles. The van der Waals surface area contributed by atoms with Crippen molar-refractivity contribution < 1.29 is 4.39 Å². The summed E-state index contributed by atoms with van der Waals surface area (Å²) in [5.41, 5.74) is 4.76. The first-order valence-electron chi connectivity index (χ1n) is 7.43. The lowest BCUT2D eigenvalue weighted by Gasteiger charge is -2.26. The van der Waals surface area contributed by atoms with Crippen LogP contribution in [0.15, 0.2) is 34.8 Å². The van der Waals surface area contributed by atoms with Crippen LogP contribution in [0.3, 0.4) is 0 Å². The van der Waals surface area contributed by atoms with E-state index in [1.807, 2.05) is 12.1 Å². The summed E-state index contributed by atoms with van der Waals surface area (Å²) in [6.07, 6.45) is 7.85. The van der Waals surface area contributed by atoms with Gasteiger partial charge in [0.05, 0.1) is 0 Å². The van der Waals surface area contributed by atoms with Crippen molar-refractivity contribution in [1.82, 2.24) is 0 Å². The van der Waals surface area contributed by atoms with Crippen molar-refractivity contribution in [3.63, 3.8) is 0 Å². The zero-order valence-corrected chi connectivity index (χ0v) is 12.3. The van der Waals surface area contributed by atoms with Crippen LogP contribution in [0.5, 0.6) is 0 Å². The van der Waals surface area contributed by atoms with E-state index in [9.17, 15) is 4.39 Å². The van der Waals surface area contributed by atoms with E-state index in [4.69, 9.17) is 11.6 Å². The predicted molar refractivity (Wildman–Crippen MR) is 82.7 cm³/mol. The molecule has 0 radical (unpaired) electrons. The maximum absolute atomic E-state index is 13.1. The van der Waals surface area contributed by atoms with E-state index in [1.165, 1.54) is 54.7 Å². The summed E-state index contributed by atoms with van der Waals surface area (Å²) in [7, 11) is 0. The highest BCUT2D eigenvalue weighted by Gasteiger charge is 2.23. The Balaban J connectivity index is 2.01. The first kappa shape index (κ1) is 13.8. The number of nitrogens with zero attached hydrogens (tertiary/aromatic N) is 1. The van der Waals surface area contributed by atoms with Gasteiger partial charge >= 0.3 is 0 Å². The van der Waals surface area contributed by atoms with Crippen molar-refractivity contribution in [3.05, 3.63) is 41.2 Å². The molecule has 3 rings (SSSR count). The zero-order chi connectivity index (χ0) is 13.9. The van der Waals surface area contributed by atoms with Gasteiger partial charge in [-0.05, 0) is 54.5 Å². The summed E-state index contributed by atoms with van der Waals surface area (Å²) in [6.45, 7) is 0. The fourth-order valence-electron chi connectivity index (χ4n) is 3.16. The highest BCUT2D eigenvalue weighted by molar-refractivity contribution is 6.23.